The van der Waals surface area contributed by atoms with E-state index < -0.39 is 0 Å². The lowest BCUT2D eigenvalue weighted by atomic mass is 9.75. The number of H-pyrrole nitrogens is 1. The second-order valence-corrected chi connectivity index (χ2v) is 6.20. The molecular weight excluding hydrogens is 296 g/mol. The molecule has 1 aliphatic carbocycles. The van der Waals surface area contributed by atoms with Gasteiger partial charge in [0, 0.05) is 36.1 Å². The number of aryl methyl sites for hydroxylation is 2. The molecule has 7 heteroatoms. The number of carbonyl (C=O) groups is 1. The maximum Gasteiger partial charge on any atom is 0.252 e. The Morgan fingerprint density at radius 2 is 2.22 bits per heavy atom. The Morgan fingerprint density at radius 1 is 1.48 bits per heavy atom. The van der Waals surface area contributed by atoms with Crippen LogP contribution in [-0.4, -0.2) is 31.9 Å². The van der Waals surface area contributed by atoms with Gasteiger partial charge in [0.2, 0.25) is 5.56 Å². The molecule has 1 amide bonds. The van der Waals surface area contributed by atoms with Gasteiger partial charge in [-0.25, -0.2) is 0 Å². The quantitative estimate of drug-likeness (QED) is 0.771. The summed E-state index contributed by atoms with van der Waals surface area (Å²) in [6, 6.07) is 2.71. The third-order valence-corrected chi connectivity index (χ3v) is 4.23. The average Bonchev–Trinajstić information content (AvgIpc) is 2.87. The van der Waals surface area contributed by atoms with Gasteiger partial charge in [-0.15, -0.1) is 0 Å². The fourth-order valence-electron chi connectivity index (χ4n) is 3.01. The van der Waals surface area contributed by atoms with Crippen molar-refractivity contribution in [2.24, 2.45) is 13.0 Å². The molecule has 1 fully saturated rings. The van der Waals surface area contributed by atoms with Gasteiger partial charge in [0.15, 0.2) is 0 Å². The van der Waals surface area contributed by atoms with Crippen LogP contribution in [0.5, 0.6) is 0 Å². The van der Waals surface area contributed by atoms with Crippen LogP contribution in [0.2, 0.25) is 0 Å². The summed E-state index contributed by atoms with van der Waals surface area (Å²) in [6.45, 7) is 1.74. The summed E-state index contributed by atoms with van der Waals surface area (Å²) < 4.78 is 1.68. The van der Waals surface area contributed by atoms with E-state index in [1.165, 1.54) is 6.07 Å². The van der Waals surface area contributed by atoms with Gasteiger partial charge in [0.05, 0.1) is 18.3 Å². The predicted octanol–water partition coefficient (Wildman–Crippen LogP) is 0.659. The smallest absolute Gasteiger partial charge is 0.252 e. The van der Waals surface area contributed by atoms with Gasteiger partial charge in [-0.05, 0) is 31.7 Å². The second kappa shape index (κ2) is 6.00. The summed E-state index contributed by atoms with van der Waals surface area (Å²) in [5.74, 6) is -0.129. The highest BCUT2D eigenvalue weighted by atomic mass is 16.3. The number of pyridine rings is 1. The minimum atomic E-state index is -0.308. The molecule has 0 unspecified atom stereocenters. The third kappa shape index (κ3) is 3.34. The molecule has 2 aromatic heterocycles. The molecule has 1 saturated carbocycles. The van der Waals surface area contributed by atoms with E-state index >= 15 is 0 Å². The summed E-state index contributed by atoms with van der Waals surface area (Å²) >= 11 is 0. The number of aromatic nitrogens is 3. The second-order valence-electron chi connectivity index (χ2n) is 6.20. The number of nitrogens with one attached hydrogen (secondary N) is 2. The molecule has 2 heterocycles. The normalized spacial score (nSPS) is 21.5. The topological polar surface area (TPSA) is 100 Å². The van der Waals surface area contributed by atoms with Crippen molar-refractivity contribution in [3.8, 4) is 0 Å². The zero-order chi connectivity index (χ0) is 16.6. The summed E-state index contributed by atoms with van der Waals surface area (Å²) in [5.41, 5.74) is 1.58. The van der Waals surface area contributed by atoms with Crippen LogP contribution in [0.4, 0.5) is 0 Å². The maximum absolute atomic E-state index is 12.5. The lowest BCUT2D eigenvalue weighted by Gasteiger charge is -2.37. The SMILES string of the molecule is Cc1cc(C(=O)N[C@@H](c2cnn(C)c2)C2CC(O)C2)cc(=O)[nH]1. The highest BCUT2D eigenvalue weighted by Gasteiger charge is 2.36. The average molecular weight is 316 g/mol. The Kier molecular flexibility index (Phi) is 4.04. The highest BCUT2D eigenvalue weighted by Crippen LogP contribution is 2.38. The van der Waals surface area contributed by atoms with E-state index in [0.29, 0.717) is 24.1 Å². The number of rotatable bonds is 4. The number of hydrogen-bond acceptors (Lipinski definition) is 4. The van der Waals surface area contributed by atoms with Crippen molar-refractivity contribution in [1.82, 2.24) is 20.1 Å². The molecule has 122 valence electrons. The molecule has 2 aromatic rings. The van der Waals surface area contributed by atoms with Crippen LogP contribution in [0.1, 0.15) is 40.5 Å². The molecule has 1 aliphatic rings. The number of aliphatic hydroxyl groups excluding tert-OH is 1. The molecule has 1 atom stereocenters. The number of carbonyl (C=O) groups excluding carboxylic acids is 1. The molecule has 0 aromatic carbocycles. The first-order chi connectivity index (χ1) is 10.9. The monoisotopic (exact) mass is 316 g/mol. The summed E-state index contributed by atoms with van der Waals surface area (Å²) in [6.07, 6.45) is 4.57. The van der Waals surface area contributed by atoms with Gasteiger partial charge in [0.25, 0.3) is 5.91 Å². The van der Waals surface area contributed by atoms with E-state index in [0.717, 1.165) is 5.56 Å². The summed E-state index contributed by atoms with van der Waals surface area (Å²) in [7, 11) is 1.82. The molecular formula is C16H20N4O3. The van der Waals surface area contributed by atoms with Crippen LogP contribution in [0.25, 0.3) is 0 Å². The Balaban J connectivity index is 1.83. The van der Waals surface area contributed by atoms with Gasteiger partial charge in [-0.1, -0.05) is 0 Å². The molecule has 0 bridgehead atoms. The third-order valence-electron chi connectivity index (χ3n) is 4.23. The Hall–Kier alpha value is -2.41. The standard InChI is InChI=1S/C16H20N4O3/c1-9-3-11(6-14(22)18-9)16(23)19-15(10-4-13(21)5-10)12-7-17-20(2)8-12/h3,6-8,10,13,15,21H,4-5H2,1-2H3,(H,18,22)(H,19,23)/t10?,13?,15-/m1/s1. The van der Waals surface area contributed by atoms with E-state index in [4.69, 9.17) is 0 Å². The minimum absolute atomic E-state index is 0.168. The van der Waals surface area contributed by atoms with E-state index in [1.54, 1.807) is 23.9 Å². The first-order valence-corrected chi connectivity index (χ1v) is 7.61. The molecule has 3 rings (SSSR count). The molecule has 0 radical (unpaired) electrons. The van der Waals surface area contributed by atoms with Gasteiger partial charge in [0.1, 0.15) is 0 Å². The number of hydrogen-bond donors (Lipinski definition) is 3. The zero-order valence-corrected chi connectivity index (χ0v) is 13.1. The lowest BCUT2D eigenvalue weighted by molar-refractivity contribution is 0.0235. The van der Waals surface area contributed by atoms with Crippen molar-refractivity contribution in [3.05, 3.63) is 51.7 Å². The van der Waals surface area contributed by atoms with Gasteiger partial charge < -0.3 is 15.4 Å². The molecule has 3 N–H and O–H groups in total. The fourth-order valence-corrected chi connectivity index (χ4v) is 3.01. The van der Waals surface area contributed by atoms with Crippen molar-refractivity contribution in [3.63, 3.8) is 0 Å². The van der Waals surface area contributed by atoms with E-state index in [-0.39, 0.29) is 29.5 Å². The van der Waals surface area contributed by atoms with E-state index in [2.05, 4.69) is 15.4 Å². The molecule has 0 saturated heterocycles. The zero-order valence-electron chi connectivity index (χ0n) is 13.1. The van der Waals surface area contributed by atoms with Gasteiger partial charge in [-0.3, -0.25) is 14.3 Å². The van der Waals surface area contributed by atoms with Gasteiger partial charge >= 0.3 is 0 Å². The fraction of sp³-hybridized carbons (Fsp3) is 0.438. The van der Waals surface area contributed by atoms with Crippen molar-refractivity contribution < 1.29 is 9.90 Å². The first-order valence-electron chi connectivity index (χ1n) is 7.61. The Bertz CT molecular complexity index is 774. The molecule has 0 spiro atoms. The predicted molar refractivity (Wildman–Crippen MR) is 83.9 cm³/mol. The van der Waals surface area contributed by atoms with E-state index in [1.807, 2.05) is 13.2 Å². The van der Waals surface area contributed by atoms with Crippen LogP contribution in [0.15, 0.2) is 29.3 Å². The van der Waals surface area contributed by atoms with Crippen molar-refractivity contribution >= 4 is 5.91 Å². The maximum atomic E-state index is 12.5. The number of aromatic amines is 1. The molecule has 7 nitrogen and oxygen atoms in total. The first kappa shape index (κ1) is 15.5. The van der Waals surface area contributed by atoms with Crippen LogP contribution in [-0.2, 0) is 7.05 Å². The van der Waals surface area contributed by atoms with Crippen LogP contribution < -0.4 is 10.9 Å². The van der Waals surface area contributed by atoms with Crippen LogP contribution >= 0.6 is 0 Å². The largest absolute Gasteiger partial charge is 0.393 e. The van der Waals surface area contributed by atoms with Crippen LogP contribution in [0, 0.1) is 12.8 Å². The molecule has 0 aliphatic heterocycles. The lowest BCUT2D eigenvalue weighted by Crippen LogP contribution is -2.41. The minimum Gasteiger partial charge on any atom is -0.393 e. The van der Waals surface area contributed by atoms with Crippen LogP contribution in [0.3, 0.4) is 0 Å². The number of nitrogens with zero attached hydrogens (tertiary/aromatic N) is 2. The summed E-state index contributed by atoms with van der Waals surface area (Å²) in [5, 5.41) is 16.7. The van der Waals surface area contributed by atoms with Gasteiger partial charge in [-0.2, -0.15) is 5.10 Å². The summed E-state index contributed by atoms with van der Waals surface area (Å²) in [4.78, 5) is 26.7. The van der Waals surface area contributed by atoms with Crippen molar-refractivity contribution in [2.75, 3.05) is 0 Å². The van der Waals surface area contributed by atoms with Crippen molar-refractivity contribution in [2.45, 2.75) is 31.9 Å². The number of amides is 1. The number of aliphatic hydroxyl groups is 1. The van der Waals surface area contributed by atoms with Crippen molar-refractivity contribution in [1.29, 1.82) is 0 Å². The Morgan fingerprint density at radius 3 is 2.78 bits per heavy atom. The Labute approximate surface area is 133 Å². The van der Waals surface area contributed by atoms with E-state index in [9.17, 15) is 14.7 Å². The highest BCUT2D eigenvalue weighted by molar-refractivity contribution is 5.94. The molecule has 23 heavy (non-hydrogen) atoms.